The van der Waals surface area contributed by atoms with Gasteiger partial charge >= 0.3 is 0 Å². The molecule has 1 saturated heterocycles. The highest BCUT2D eigenvalue weighted by molar-refractivity contribution is 4.87. The van der Waals surface area contributed by atoms with E-state index in [1.165, 1.54) is 63.7 Å². The van der Waals surface area contributed by atoms with Gasteiger partial charge in [0.1, 0.15) is 0 Å². The Kier molecular flexibility index (Phi) is 5.14. The van der Waals surface area contributed by atoms with Gasteiger partial charge in [-0.05, 0) is 58.7 Å². The summed E-state index contributed by atoms with van der Waals surface area (Å²) in [6.45, 7) is 10.1. The molecule has 1 nitrogen and oxygen atoms in total. The lowest BCUT2D eigenvalue weighted by molar-refractivity contribution is 0.328. The van der Waals surface area contributed by atoms with Gasteiger partial charge in [-0.2, -0.15) is 0 Å². The number of unbranched alkanes of at least 4 members (excludes halogenated alkanes) is 2. The Morgan fingerprint density at radius 2 is 1.85 bits per heavy atom. The highest BCUT2D eigenvalue weighted by Gasteiger charge is 2.09. The molecule has 76 valence electrons. The molecule has 0 radical (unpaired) electrons. The number of allylic oxidation sites excluding steroid dienone is 1. The van der Waals surface area contributed by atoms with E-state index < -0.39 is 0 Å². The third-order valence-corrected chi connectivity index (χ3v) is 2.78. The average Bonchev–Trinajstić information content (AvgIpc) is 2.55. The fourth-order valence-electron chi connectivity index (χ4n) is 1.95. The van der Waals surface area contributed by atoms with E-state index in [2.05, 4.69) is 18.4 Å². The van der Waals surface area contributed by atoms with Crippen LogP contribution in [0.15, 0.2) is 12.2 Å². The van der Waals surface area contributed by atoms with Gasteiger partial charge in [0, 0.05) is 0 Å². The molecule has 1 fully saturated rings. The molecule has 0 aromatic heterocycles. The lowest BCUT2D eigenvalue weighted by Gasteiger charge is -2.13. The smallest absolute Gasteiger partial charge is 0.00183 e. The first-order chi connectivity index (χ1) is 6.29. The molecule has 0 atom stereocenters. The summed E-state index contributed by atoms with van der Waals surface area (Å²) in [5.41, 5.74) is 1.33. The molecule has 0 aliphatic carbocycles. The van der Waals surface area contributed by atoms with Crippen molar-refractivity contribution in [2.75, 3.05) is 19.6 Å². The second-order valence-electron chi connectivity index (χ2n) is 4.32. The zero-order chi connectivity index (χ0) is 9.52. The van der Waals surface area contributed by atoms with Gasteiger partial charge in [-0.15, -0.1) is 6.58 Å². The lowest BCUT2D eigenvalue weighted by Crippen LogP contribution is -2.20. The van der Waals surface area contributed by atoms with Crippen LogP contribution in [0.25, 0.3) is 0 Å². The van der Waals surface area contributed by atoms with Gasteiger partial charge in [0.25, 0.3) is 0 Å². The van der Waals surface area contributed by atoms with E-state index in [9.17, 15) is 0 Å². The Labute approximate surface area is 82.8 Å². The Bertz CT molecular complexity index is 145. The number of hydrogen-bond acceptors (Lipinski definition) is 1. The van der Waals surface area contributed by atoms with Crippen molar-refractivity contribution in [2.24, 2.45) is 0 Å². The third-order valence-electron chi connectivity index (χ3n) is 2.78. The Balaban J connectivity index is 1.86. The molecule has 0 aromatic rings. The second-order valence-corrected chi connectivity index (χ2v) is 4.32. The van der Waals surface area contributed by atoms with Gasteiger partial charge in [0.2, 0.25) is 0 Å². The Hall–Kier alpha value is -0.300. The SMILES string of the molecule is C=C(C)CCCCCN1CCCC1. The van der Waals surface area contributed by atoms with E-state index in [4.69, 9.17) is 0 Å². The zero-order valence-corrected chi connectivity index (χ0v) is 9.02. The lowest BCUT2D eigenvalue weighted by atomic mass is 10.1. The minimum Gasteiger partial charge on any atom is -0.303 e. The van der Waals surface area contributed by atoms with E-state index in [0.717, 1.165) is 0 Å². The van der Waals surface area contributed by atoms with Crippen LogP contribution in [-0.2, 0) is 0 Å². The highest BCUT2D eigenvalue weighted by Crippen LogP contribution is 2.10. The van der Waals surface area contributed by atoms with E-state index in [1.807, 2.05) is 0 Å². The van der Waals surface area contributed by atoms with Crippen molar-refractivity contribution in [1.29, 1.82) is 0 Å². The molecule has 0 unspecified atom stereocenters. The summed E-state index contributed by atoms with van der Waals surface area (Å²) in [5, 5.41) is 0. The molecule has 1 heterocycles. The van der Waals surface area contributed by atoms with Crippen molar-refractivity contribution in [3.8, 4) is 0 Å². The summed E-state index contributed by atoms with van der Waals surface area (Å²) in [6, 6.07) is 0. The highest BCUT2D eigenvalue weighted by atomic mass is 15.1. The fourth-order valence-corrected chi connectivity index (χ4v) is 1.95. The molecular formula is C12H23N. The molecule has 1 aliphatic heterocycles. The first-order valence-corrected chi connectivity index (χ1v) is 5.66. The van der Waals surface area contributed by atoms with Crippen LogP contribution in [0.4, 0.5) is 0 Å². The maximum absolute atomic E-state index is 3.92. The maximum Gasteiger partial charge on any atom is -0.00183 e. The topological polar surface area (TPSA) is 3.24 Å². The standard InChI is InChI=1S/C12H23N/c1-12(2)8-4-3-5-9-13-10-6-7-11-13/h1,3-11H2,2H3. The molecular weight excluding hydrogens is 158 g/mol. The van der Waals surface area contributed by atoms with E-state index in [-0.39, 0.29) is 0 Å². The summed E-state index contributed by atoms with van der Waals surface area (Å²) in [4.78, 5) is 2.60. The van der Waals surface area contributed by atoms with Crippen LogP contribution in [0, 0.1) is 0 Å². The van der Waals surface area contributed by atoms with E-state index >= 15 is 0 Å². The average molecular weight is 181 g/mol. The van der Waals surface area contributed by atoms with Crippen LogP contribution in [0.1, 0.15) is 45.4 Å². The van der Waals surface area contributed by atoms with Crippen molar-refractivity contribution in [3.63, 3.8) is 0 Å². The minimum atomic E-state index is 1.22. The molecule has 0 N–H and O–H groups in total. The van der Waals surface area contributed by atoms with Crippen molar-refractivity contribution >= 4 is 0 Å². The molecule has 13 heavy (non-hydrogen) atoms. The van der Waals surface area contributed by atoms with Crippen molar-refractivity contribution in [1.82, 2.24) is 4.90 Å². The second kappa shape index (κ2) is 6.20. The van der Waals surface area contributed by atoms with Crippen molar-refractivity contribution in [3.05, 3.63) is 12.2 Å². The van der Waals surface area contributed by atoms with Crippen LogP contribution in [-0.4, -0.2) is 24.5 Å². The normalized spacial score (nSPS) is 17.9. The predicted octanol–water partition coefficient (Wildman–Crippen LogP) is 3.22. The van der Waals surface area contributed by atoms with Crippen molar-refractivity contribution < 1.29 is 0 Å². The summed E-state index contributed by atoms with van der Waals surface area (Å²) >= 11 is 0. The van der Waals surface area contributed by atoms with Crippen LogP contribution >= 0.6 is 0 Å². The maximum atomic E-state index is 3.92. The van der Waals surface area contributed by atoms with Crippen LogP contribution < -0.4 is 0 Å². The summed E-state index contributed by atoms with van der Waals surface area (Å²) < 4.78 is 0. The molecule has 0 bridgehead atoms. The number of likely N-dealkylation sites (tertiary alicyclic amines) is 1. The van der Waals surface area contributed by atoms with Gasteiger partial charge in [-0.25, -0.2) is 0 Å². The Morgan fingerprint density at radius 1 is 1.15 bits per heavy atom. The quantitative estimate of drug-likeness (QED) is 0.449. The first-order valence-electron chi connectivity index (χ1n) is 5.66. The van der Waals surface area contributed by atoms with Crippen LogP contribution in [0.3, 0.4) is 0 Å². The molecule has 0 spiro atoms. The summed E-state index contributed by atoms with van der Waals surface area (Å²) in [7, 11) is 0. The summed E-state index contributed by atoms with van der Waals surface area (Å²) in [5.74, 6) is 0. The number of rotatable bonds is 6. The zero-order valence-electron chi connectivity index (χ0n) is 9.02. The van der Waals surface area contributed by atoms with Gasteiger partial charge in [0.05, 0.1) is 0 Å². The number of nitrogens with zero attached hydrogens (tertiary/aromatic N) is 1. The fraction of sp³-hybridized carbons (Fsp3) is 0.833. The van der Waals surface area contributed by atoms with Crippen molar-refractivity contribution in [2.45, 2.75) is 45.4 Å². The molecule has 0 saturated carbocycles. The molecule has 1 heteroatoms. The predicted molar refractivity (Wildman–Crippen MR) is 59.0 cm³/mol. The molecule has 1 aliphatic rings. The molecule has 0 amide bonds. The first kappa shape index (κ1) is 10.8. The molecule has 1 rings (SSSR count). The van der Waals surface area contributed by atoms with Crippen LogP contribution in [0.5, 0.6) is 0 Å². The monoisotopic (exact) mass is 181 g/mol. The van der Waals surface area contributed by atoms with Gasteiger partial charge < -0.3 is 4.90 Å². The van der Waals surface area contributed by atoms with E-state index in [1.54, 1.807) is 0 Å². The van der Waals surface area contributed by atoms with Gasteiger partial charge in [-0.3, -0.25) is 0 Å². The van der Waals surface area contributed by atoms with Crippen LogP contribution in [0.2, 0.25) is 0 Å². The third kappa shape index (κ3) is 5.09. The van der Waals surface area contributed by atoms with Gasteiger partial charge in [-0.1, -0.05) is 12.0 Å². The molecule has 0 aromatic carbocycles. The summed E-state index contributed by atoms with van der Waals surface area (Å²) in [6.07, 6.45) is 8.16. The minimum absolute atomic E-state index is 1.22. The largest absolute Gasteiger partial charge is 0.303 e. The van der Waals surface area contributed by atoms with E-state index in [0.29, 0.717) is 0 Å². The van der Waals surface area contributed by atoms with Gasteiger partial charge in [0.15, 0.2) is 0 Å². The number of hydrogen-bond donors (Lipinski definition) is 0. The Morgan fingerprint density at radius 3 is 2.46 bits per heavy atom.